The van der Waals surface area contributed by atoms with Crippen molar-refractivity contribution in [1.82, 2.24) is 5.32 Å². The Bertz CT molecular complexity index is 347. The average Bonchev–Trinajstić information content (AvgIpc) is 2.85. The SMILES string of the molecule is CC1(C(=O)NCC2CCCC2C(=O)O)CCCCC1. The normalized spacial score (nSPS) is 29.9. The van der Waals surface area contributed by atoms with Gasteiger partial charge >= 0.3 is 5.97 Å². The largest absolute Gasteiger partial charge is 0.481 e. The standard InChI is InChI=1S/C15H25NO3/c1-15(8-3-2-4-9-15)14(19)16-10-11-6-5-7-12(11)13(17)18/h11-12H,2-10H2,1H3,(H,16,19)(H,17,18). The predicted octanol–water partition coefficient (Wildman–Crippen LogP) is 2.57. The van der Waals surface area contributed by atoms with Crippen molar-refractivity contribution in [2.75, 3.05) is 6.54 Å². The molecule has 2 atom stereocenters. The van der Waals surface area contributed by atoms with Gasteiger partial charge in [-0.1, -0.05) is 32.6 Å². The Morgan fingerprint density at radius 3 is 2.47 bits per heavy atom. The van der Waals surface area contributed by atoms with Crippen molar-refractivity contribution < 1.29 is 14.7 Å². The molecule has 0 bridgehead atoms. The van der Waals surface area contributed by atoms with Crippen molar-refractivity contribution in [3.05, 3.63) is 0 Å². The minimum atomic E-state index is -0.708. The van der Waals surface area contributed by atoms with Gasteiger partial charge in [-0.25, -0.2) is 0 Å². The van der Waals surface area contributed by atoms with Crippen LogP contribution in [0.5, 0.6) is 0 Å². The van der Waals surface area contributed by atoms with Gasteiger partial charge in [0, 0.05) is 12.0 Å². The molecule has 19 heavy (non-hydrogen) atoms. The molecule has 2 fully saturated rings. The monoisotopic (exact) mass is 267 g/mol. The molecule has 2 unspecified atom stereocenters. The Balaban J connectivity index is 1.84. The van der Waals surface area contributed by atoms with Gasteiger partial charge in [0.2, 0.25) is 5.91 Å². The third kappa shape index (κ3) is 3.28. The van der Waals surface area contributed by atoms with Gasteiger partial charge in [-0.2, -0.15) is 0 Å². The summed E-state index contributed by atoms with van der Waals surface area (Å²) in [6.07, 6.45) is 8.07. The van der Waals surface area contributed by atoms with E-state index in [9.17, 15) is 9.59 Å². The second-order valence-corrected chi connectivity index (χ2v) is 6.47. The molecule has 2 saturated carbocycles. The summed E-state index contributed by atoms with van der Waals surface area (Å²) in [7, 11) is 0. The molecular formula is C15H25NO3. The number of carboxylic acid groups (broad SMARTS) is 1. The number of amides is 1. The Morgan fingerprint density at radius 1 is 1.16 bits per heavy atom. The molecule has 1 amide bonds. The summed E-state index contributed by atoms with van der Waals surface area (Å²) in [5.74, 6) is -0.725. The highest BCUT2D eigenvalue weighted by Crippen LogP contribution is 2.36. The summed E-state index contributed by atoms with van der Waals surface area (Å²) in [5.41, 5.74) is -0.227. The third-order valence-corrected chi connectivity index (χ3v) is 5.01. The maximum absolute atomic E-state index is 12.3. The van der Waals surface area contributed by atoms with E-state index in [0.29, 0.717) is 6.54 Å². The van der Waals surface area contributed by atoms with Crippen molar-refractivity contribution in [1.29, 1.82) is 0 Å². The number of aliphatic carboxylic acids is 1. The van der Waals surface area contributed by atoms with Gasteiger partial charge in [0.1, 0.15) is 0 Å². The van der Waals surface area contributed by atoms with Crippen LogP contribution < -0.4 is 5.32 Å². The molecule has 0 aromatic rings. The van der Waals surface area contributed by atoms with Crippen molar-refractivity contribution in [2.24, 2.45) is 17.3 Å². The topological polar surface area (TPSA) is 66.4 Å². The number of hydrogen-bond donors (Lipinski definition) is 2. The lowest BCUT2D eigenvalue weighted by molar-refractivity contribution is -0.143. The van der Waals surface area contributed by atoms with Crippen LogP contribution in [0.2, 0.25) is 0 Å². The molecule has 108 valence electrons. The quantitative estimate of drug-likeness (QED) is 0.822. The Kier molecular flexibility index (Phi) is 4.48. The molecule has 4 nitrogen and oxygen atoms in total. The Hall–Kier alpha value is -1.06. The van der Waals surface area contributed by atoms with Crippen molar-refractivity contribution in [2.45, 2.75) is 58.3 Å². The van der Waals surface area contributed by atoms with Gasteiger partial charge in [0.05, 0.1) is 5.92 Å². The fourth-order valence-electron chi connectivity index (χ4n) is 3.60. The molecule has 0 saturated heterocycles. The first kappa shape index (κ1) is 14.4. The predicted molar refractivity (Wildman–Crippen MR) is 72.7 cm³/mol. The summed E-state index contributed by atoms with van der Waals surface area (Å²) in [5, 5.41) is 12.2. The minimum Gasteiger partial charge on any atom is -0.481 e. The van der Waals surface area contributed by atoms with Crippen LogP contribution in [0.15, 0.2) is 0 Å². The van der Waals surface area contributed by atoms with Gasteiger partial charge in [-0.15, -0.1) is 0 Å². The fraction of sp³-hybridized carbons (Fsp3) is 0.867. The highest BCUT2D eigenvalue weighted by molar-refractivity contribution is 5.82. The number of carbonyl (C=O) groups is 2. The molecule has 2 N–H and O–H groups in total. The number of carboxylic acids is 1. The van der Waals surface area contributed by atoms with Crippen LogP contribution in [0.3, 0.4) is 0 Å². The van der Waals surface area contributed by atoms with Gasteiger partial charge in [-0.05, 0) is 31.6 Å². The van der Waals surface area contributed by atoms with Gasteiger partial charge < -0.3 is 10.4 Å². The zero-order valence-electron chi connectivity index (χ0n) is 11.8. The Labute approximate surface area is 115 Å². The van der Waals surface area contributed by atoms with Crippen LogP contribution >= 0.6 is 0 Å². The summed E-state index contributed by atoms with van der Waals surface area (Å²) >= 11 is 0. The smallest absolute Gasteiger partial charge is 0.306 e. The molecular weight excluding hydrogens is 242 g/mol. The van der Waals surface area contributed by atoms with Crippen molar-refractivity contribution >= 4 is 11.9 Å². The fourth-order valence-corrected chi connectivity index (χ4v) is 3.60. The van der Waals surface area contributed by atoms with Crippen LogP contribution in [0.1, 0.15) is 58.3 Å². The van der Waals surface area contributed by atoms with E-state index in [1.54, 1.807) is 0 Å². The third-order valence-electron chi connectivity index (χ3n) is 5.01. The molecule has 2 aliphatic rings. The van der Waals surface area contributed by atoms with E-state index in [4.69, 9.17) is 5.11 Å². The first-order chi connectivity index (χ1) is 9.03. The van der Waals surface area contributed by atoms with Crippen LogP contribution in [-0.4, -0.2) is 23.5 Å². The summed E-state index contributed by atoms with van der Waals surface area (Å²) in [6.45, 7) is 2.58. The van der Waals surface area contributed by atoms with Crippen LogP contribution in [-0.2, 0) is 9.59 Å². The first-order valence-electron chi connectivity index (χ1n) is 7.54. The van der Waals surface area contributed by atoms with E-state index in [1.807, 2.05) is 6.92 Å². The van der Waals surface area contributed by atoms with E-state index in [0.717, 1.165) is 44.9 Å². The molecule has 0 heterocycles. The van der Waals surface area contributed by atoms with Crippen molar-refractivity contribution in [3.63, 3.8) is 0 Å². The molecule has 0 aliphatic heterocycles. The lowest BCUT2D eigenvalue weighted by atomic mass is 9.75. The lowest BCUT2D eigenvalue weighted by Gasteiger charge is -2.32. The molecule has 2 rings (SSSR count). The lowest BCUT2D eigenvalue weighted by Crippen LogP contribution is -2.43. The molecule has 0 radical (unpaired) electrons. The van der Waals surface area contributed by atoms with Crippen LogP contribution in [0.4, 0.5) is 0 Å². The van der Waals surface area contributed by atoms with E-state index < -0.39 is 5.97 Å². The summed E-state index contributed by atoms with van der Waals surface area (Å²) in [6, 6.07) is 0. The average molecular weight is 267 g/mol. The Morgan fingerprint density at radius 2 is 1.84 bits per heavy atom. The maximum Gasteiger partial charge on any atom is 0.306 e. The number of rotatable bonds is 4. The number of nitrogens with one attached hydrogen (secondary N) is 1. The van der Waals surface area contributed by atoms with E-state index in [1.165, 1.54) is 6.42 Å². The summed E-state index contributed by atoms with van der Waals surface area (Å²) in [4.78, 5) is 23.4. The van der Waals surface area contributed by atoms with Gasteiger partial charge in [0.25, 0.3) is 0 Å². The second kappa shape index (κ2) is 5.93. The van der Waals surface area contributed by atoms with Crippen LogP contribution in [0.25, 0.3) is 0 Å². The molecule has 4 heteroatoms. The molecule has 2 aliphatic carbocycles. The zero-order chi connectivity index (χ0) is 13.9. The van der Waals surface area contributed by atoms with Crippen LogP contribution in [0, 0.1) is 17.3 Å². The molecule has 0 aromatic carbocycles. The summed E-state index contributed by atoms with van der Waals surface area (Å²) < 4.78 is 0. The highest BCUT2D eigenvalue weighted by atomic mass is 16.4. The van der Waals surface area contributed by atoms with Gasteiger partial charge in [-0.3, -0.25) is 9.59 Å². The molecule has 0 aromatic heterocycles. The highest BCUT2D eigenvalue weighted by Gasteiger charge is 2.37. The maximum atomic E-state index is 12.3. The van der Waals surface area contributed by atoms with E-state index in [2.05, 4.69) is 5.32 Å². The second-order valence-electron chi connectivity index (χ2n) is 6.47. The van der Waals surface area contributed by atoms with Gasteiger partial charge in [0.15, 0.2) is 0 Å². The number of hydrogen-bond acceptors (Lipinski definition) is 2. The number of carbonyl (C=O) groups excluding carboxylic acids is 1. The van der Waals surface area contributed by atoms with E-state index in [-0.39, 0.29) is 23.2 Å². The van der Waals surface area contributed by atoms with Crippen molar-refractivity contribution in [3.8, 4) is 0 Å². The zero-order valence-corrected chi connectivity index (χ0v) is 11.8. The minimum absolute atomic E-state index is 0.119. The first-order valence-corrected chi connectivity index (χ1v) is 7.54. The molecule has 0 spiro atoms. The van der Waals surface area contributed by atoms with E-state index >= 15 is 0 Å².